The van der Waals surface area contributed by atoms with E-state index in [0.29, 0.717) is 31.3 Å². The lowest BCUT2D eigenvalue weighted by Crippen LogP contribution is -2.70. The van der Waals surface area contributed by atoms with Crippen molar-refractivity contribution in [1.82, 2.24) is 0 Å². The molecule has 8 nitrogen and oxygen atoms in total. The molecule has 0 amide bonds. The molecule has 9 heteroatoms. The maximum absolute atomic E-state index is 17.5. The van der Waals surface area contributed by atoms with Crippen molar-refractivity contribution in [1.29, 1.82) is 0 Å². The van der Waals surface area contributed by atoms with Crippen molar-refractivity contribution in [3.05, 3.63) is 23.8 Å². The highest BCUT2D eigenvalue weighted by Crippen LogP contribution is 2.71. The van der Waals surface area contributed by atoms with Gasteiger partial charge in [-0.05, 0) is 69.9 Å². The van der Waals surface area contributed by atoms with Crippen molar-refractivity contribution < 1.29 is 42.9 Å². The molecule has 0 aromatic heterocycles. The first-order valence-corrected chi connectivity index (χ1v) is 14.2. The Morgan fingerprint density at radius 2 is 1.85 bits per heavy atom. The SMILES string of the molecule is CCCOC(=O)O[C@]1(C(=O)COC(=O)C2CC2)[C@H](C)C[C@H]2[C@@H]3CCC4=CC(=O)C=C[C@]4(C)[C@@]3(F)[C@@H](O)C[C@@]21C. The van der Waals surface area contributed by atoms with E-state index in [1.54, 1.807) is 26.8 Å². The quantitative estimate of drug-likeness (QED) is 0.467. The topological polar surface area (TPSA) is 116 Å². The molecule has 1 N–H and O–H groups in total. The summed E-state index contributed by atoms with van der Waals surface area (Å²) >= 11 is 0. The van der Waals surface area contributed by atoms with Gasteiger partial charge < -0.3 is 19.3 Å². The van der Waals surface area contributed by atoms with Crippen molar-refractivity contribution in [3.8, 4) is 0 Å². The number of Topliss-reactive ketones (excluding diaryl/α,β-unsaturated/α-hetero) is 1. The molecular weight excluding hydrogens is 507 g/mol. The summed E-state index contributed by atoms with van der Waals surface area (Å²) in [6.45, 7) is 6.67. The molecule has 0 bridgehead atoms. The molecule has 8 atom stereocenters. The standard InChI is InChI=1S/C30H39FO8/c1-5-12-37-26(36)39-30(24(34)16-38-25(35)18-6-7-18)17(2)13-22-21-9-8-19-14-20(32)10-11-27(19,3)29(21,31)23(33)15-28(22,30)4/h10-11,14,17-18,21-23,33H,5-9,12-13,15-16H2,1-4H3/t17-,21+,22+,23+,27+,28+,29+,30+/m1/s1. The molecule has 0 radical (unpaired) electrons. The second-order valence-corrected chi connectivity index (χ2v) is 12.6. The molecule has 5 aliphatic carbocycles. The number of aliphatic hydroxyl groups is 1. The van der Waals surface area contributed by atoms with Gasteiger partial charge in [-0.2, -0.15) is 0 Å². The fourth-order valence-electron chi connectivity index (χ4n) is 8.43. The molecule has 0 aliphatic heterocycles. The average molecular weight is 547 g/mol. The predicted molar refractivity (Wildman–Crippen MR) is 137 cm³/mol. The first kappa shape index (κ1) is 28.0. The Morgan fingerprint density at radius 1 is 1.13 bits per heavy atom. The van der Waals surface area contributed by atoms with E-state index in [9.17, 15) is 24.3 Å². The van der Waals surface area contributed by atoms with Crippen molar-refractivity contribution in [2.75, 3.05) is 13.2 Å². The molecular formula is C30H39FO8. The third-order valence-electron chi connectivity index (χ3n) is 10.5. The summed E-state index contributed by atoms with van der Waals surface area (Å²) in [7, 11) is 0. The Hall–Kier alpha value is -2.55. The minimum Gasteiger partial charge on any atom is -0.457 e. The van der Waals surface area contributed by atoms with Crippen LogP contribution >= 0.6 is 0 Å². The first-order valence-electron chi connectivity index (χ1n) is 14.2. The number of hydrogen-bond donors (Lipinski definition) is 1. The molecule has 39 heavy (non-hydrogen) atoms. The van der Waals surface area contributed by atoms with Crippen LogP contribution in [0.1, 0.15) is 72.6 Å². The summed E-state index contributed by atoms with van der Waals surface area (Å²) < 4.78 is 34.0. The second-order valence-electron chi connectivity index (χ2n) is 12.6. The molecule has 0 unspecified atom stereocenters. The molecule has 0 spiro atoms. The highest BCUT2D eigenvalue weighted by atomic mass is 19.1. The number of hydrogen-bond acceptors (Lipinski definition) is 8. The molecule has 4 fully saturated rings. The number of carbonyl (C=O) groups is 4. The van der Waals surface area contributed by atoms with Gasteiger partial charge in [0.15, 0.2) is 23.7 Å². The summed E-state index contributed by atoms with van der Waals surface area (Å²) in [5.41, 5.74) is -5.52. The molecule has 4 saturated carbocycles. The zero-order valence-electron chi connectivity index (χ0n) is 23.2. The summed E-state index contributed by atoms with van der Waals surface area (Å²) in [6, 6.07) is 0. The Balaban J connectivity index is 1.54. The van der Waals surface area contributed by atoms with Crippen LogP contribution in [0.3, 0.4) is 0 Å². The van der Waals surface area contributed by atoms with Crippen LogP contribution in [0, 0.1) is 34.5 Å². The number of carbonyl (C=O) groups excluding carboxylic acids is 4. The van der Waals surface area contributed by atoms with E-state index in [1.807, 2.05) is 6.92 Å². The van der Waals surface area contributed by atoms with Gasteiger partial charge in [0.05, 0.1) is 18.6 Å². The number of esters is 1. The van der Waals surface area contributed by atoms with Gasteiger partial charge in [-0.15, -0.1) is 0 Å². The molecule has 0 saturated heterocycles. The summed E-state index contributed by atoms with van der Waals surface area (Å²) in [6.07, 6.45) is 4.99. The summed E-state index contributed by atoms with van der Waals surface area (Å²) in [5.74, 6) is -3.07. The molecule has 5 aliphatic rings. The normalized spacial score (nSPS) is 42.5. The first-order chi connectivity index (χ1) is 18.3. The fourth-order valence-corrected chi connectivity index (χ4v) is 8.43. The molecule has 0 aromatic rings. The van der Waals surface area contributed by atoms with Crippen LogP contribution in [0.4, 0.5) is 9.18 Å². The van der Waals surface area contributed by atoms with Crippen LogP contribution in [0.2, 0.25) is 0 Å². The largest absolute Gasteiger partial charge is 0.509 e. The van der Waals surface area contributed by atoms with Crippen molar-refractivity contribution in [2.45, 2.75) is 90.0 Å². The van der Waals surface area contributed by atoms with E-state index in [1.165, 1.54) is 12.2 Å². The Morgan fingerprint density at radius 3 is 2.51 bits per heavy atom. The zero-order valence-corrected chi connectivity index (χ0v) is 23.2. The van der Waals surface area contributed by atoms with Gasteiger partial charge in [-0.3, -0.25) is 14.4 Å². The number of halogens is 1. The summed E-state index contributed by atoms with van der Waals surface area (Å²) in [4.78, 5) is 51.3. The van der Waals surface area contributed by atoms with E-state index in [4.69, 9.17) is 14.2 Å². The van der Waals surface area contributed by atoms with Crippen LogP contribution < -0.4 is 0 Å². The van der Waals surface area contributed by atoms with Crippen molar-refractivity contribution >= 4 is 23.7 Å². The van der Waals surface area contributed by atoms with Crippen molar-refractivity contribution in [2.24, 2.45) is 34.5 Å². The lowest BCUT2D eigenvalue weighted by atomic mass is 9.44. The van der Waals surface area contributed by atoms with E-state index >= 15 is 4.39 Å². The van der Waals surface area contributed by atoms with E-state index in [0.717, 1.165) is 12.8 Å². The molecule has 0 heterocycles. The van der Waals surface area contributed by atoms with Gasteiger partial charge in [-0.1, -0.05) is 32.4 Å². The van der Waals surface area contributed by atoms with Crippen molar-refractivity contribution in [3.63, 3.8) is 0 Å². The Labute approximate surface area is 228 Å². The van der Waals surface area contributed by atoms with Crippen LogP contribution in [-0.4, -0.2) is 59.4 Å². The van der Waals surface area contributed by atoms with Gasteiger partial charge in [0.2, 0.25) is 5.78 Å². The predicted octanol–water partition coefficient (Wildman–Crippen LogP) is 4.43. The third kappa shape index (κ3) is 3.93. The van der Waals surface area contributed by atoms with E-state index in [-0.39, 0.29) is 24.7 Å². The maximum atomic E-state index is 17.5. The Bertz CT molecular complexity index is 1140. The van der Waals surface area contributed by atoms with Crippen LogP contribution in [0.15, 0.2) is 23.8 Å². The minimum absolute atomic E-state index is 0.103. The smallest absolute Gasteiger partial charge is 0.457 e. The molecule has 5 rings (SSSR count). The number of ketones is 2. The summed E-state index contributed by atoms with van der Waals surface area (Å²) in [5, 5.41) is 11.6. The molecule has 0 aromatic carbocycles. The number of fused-ring (bicyclic) bond motifs is 5. The average Bonchev–Trinajstić information content (AvgIpc) is 3.71. The van der Waals surface area contributed by atoms with Crippen LogP contribution in [0.25, 0.3) is 0 Å². The lowest BCUT2D eigenvalue weighted by Gasteiger charge is -2.62. The highest BCUT2D eigenvalue weighted by molar-refractivity contribution is 6.01. The number of ether oxygens (including phenoxy) is 3. The number of allylic oxidation sites excluding steroid dienone is 4. The highest BCUT2D eigenvalue weighted by Gasteiger charge is 2.77. The van der Waals surface area contributed by atoms with Gasteiger partial charge in [-0.25, -0.2) is 9.18 Å². The van der Waals surface area contributed by atoms with E-state index in [2.05, 4.69) is 0 Å². The zero-order chi connectivity index (χ0) is 28.4. The maximum Gasteiger partial charge on any atom is 0.509 e. The van der Waals surface area contributed by atoms with Gasteiger partial charge in [0, 0.05) is 22.7 Å². The Kier molecular flexibility index (Phi) is 6.84. The third-order valence-corrected chi connectivity index (χ3v) is 10.5. The monoisotopic (exact) mass is 546 g/mol. The lowest BCUT2D eigenvalue weighted by molar-refractivity contribution is -0.222. The van der Waals surface area contributed by atoms with Crippen LogP contribution in [-0.2, 0) is 28.6 Å². The molecule has 214 valence electrons. The second kappa shape index (κ2) is 9.53. The van der Waals surface area contributed by atoms with Gasteiger partial charge in [0.1, 0.15) is 0 Å². The minimum atomic E-state index is -2.08. The fraction of sp³-hybridized carbons (Fsp3) is 0.733. The van der Waals surface area contributed by atoms with Gasteiger partial charge in [0.25, 0.3) is 0 Å². The van der Waals surface area contributed by atoms with E-state index < -0.39 is 70.5 Å². The number of rotatable bonds is 7. The van der Waals surface area contributed by atoms with Gasteiger partial charge >= 0.3 is 12.1 Å². The van der Waals surface area contributed by atoms with Crippen LogP contribution in [0.5, 0.6) is 0 Å². The number of aliphatic hydroxyl groups excluding tert-OH is 1. The number of alkyl halides is 1.